The number of ether oxygens (including phenoxy) is 1. The number of hydrogen-bond acceptors (Lipinski definition) is 3. The van der Waals surface area contributed by atoms with Crippen molar-refractivity contribution in [2.45, 2.75) is 59.9 Å². The molecule has 3 heteroatoms. The molecule has 102 valence electrons. The standard InChI is InChI=1S/C14H29NO2/c1-7-14(5,6)12(16)8-10-17-11-9-15-13(2,3)4/h15H,7-11H2,1-6H3. The quantitative estimate of drug-likeness (QED) is 0.666. The fourth-order valence-electron chi connectivity index (χ4n) is 1.30. The molecule has 0 aromatic rings. The number of nitrogens with one attached hydrogen (secondary N) is 1. The molecule has 0 unspecified atom stereocenters. The van der Waals surface area contributed by atoms with E-state index in [1.807, 2.05) is 20.8 Å². The summed E-state index contributed by atoms with van der Waals surface area (Å²) in [4.78, 5) is 11.8. The summed E-state index contributed by atoms with van der Waals surface area (Å²) in [7, 11) is 0. The Kier molecular flexibility index (Phi) is 6.95. The van der Waals surface area contributed by atoms with E-state index in [0.717, 1.165) is 13.0 Å². The van der Waals surface area contributed by atoms with Crippen LogP contribution in [0.3, 0.4) is 0 Å². The number of carbonyl (C=O) groups is 1. The molecule has 0 aliphatic rings. The van der Waals surface area contributed by atoms with Crippen LogP contribution >= 0.6 is 0 Å². The van der Waals surface area contributed by atoms with E-state index in [0.29, 0.717) is 25.4 Å². The summed E-state index contributed by atoms with van der Waals surface area (Å²) in [6.07, 6.45) is 1.41. The van der Waals surface area contributed by atoms with Crippen molar-refractivity contribution >= 4 is 5.78 Å². The zero-order chi connectivity index (χ0) is 13.5. The molecule has 0 heterocycles. The minimum absolute atomic E-state index is 0.128. The monoisotopic (exact) mass is 243 g/mol. The SMILES string of the molecule is CCC(C)(C)C(=O)CCOCCNC(C)(C)C. The van der Waals surface area contributed by atoms with Gasteiger partial charge in [-0.15, -0.1) is 0 Å². The first kappa shape index (κ1) is 16.6. The Hall–Kier alpha value is -0.410. The maximum atomic E-state index is 11.8. The van der Waals surface area contributed by atoms with E-state index in [1.165, 1.54) is 0 Å². The van der Waals surface area contributed by atoms with Gasteiger partial charge in [-0.1, -0.05) is 20.8 Å². The lowest BCUT2D eigenvalue weighted by Crippen LogP contribution is -2.38. The van der Waals surface area contributed by atoms with Crippen molar-refractivity contribution < 1.29 is 9.53 Å². The summed E-state index contributed by atoms with van der Waals surface area (Å²) in [5, 5.41) is 3.34. The van der Waals surface area contributed by atoms with Crippen molar-refractivity contribution in [2.24, 2.45) is 5.41 Å². The Morgan fingerprint density at radius 1 is 1.12 bits per heavy atom. The van der Waals surface area contributed by atoms with Gasteiger partial charge < -0.3 is 10.1 Å². The smallest absolute Gasteiger partial charge is 0.140 e. The van der Waals surface area contributed by atoms with Crippen LogP contribution in [-0.4, -0.2) is 31.1 Å². The largest absolute Gasteiger partial charge is 0.380 e. The van der Waals surface area contributed by atoms with Gasteiger partial charge in [0.25, 0.3) is 0 Å². The molecular formula is C14H29NO2. The van der Waals surface area contributed by atoms with Crippen LogP contribution < -0.4 is 5.32 Å². The van der Waals surface area contributed by atoms with Crippen molar-refractivity contribution in [3.8, 4) is 0 Å². The predicted molar refractivity (Wildman–Crippen MR) is 72.3 cm³/mol. The summed E-state index contributed by atoms with van der Waals surface area (Å²) in [5.74, 6) is 0.295. The lowest BCUT2D eigenvalue weighted by molar-refractivity contribution is -0.128. The summed E-state index contributed by atoms with van der Waals surface area (Å²) >= 11 is 0. The van der Waals surface area contributed by atoms with Crippen LogP contribution in [0, 0.1) is 5.41 Å². The molecule has 3 nitrogen and oxygen atoms in total. The molecule has 0 fully saturated rings. The lowest BCUT2D eigenvalue weighted by Gasteiger charge is -2.21. The maximum absolute atomic E-state index is 11.8. The molecule has 0 saturated heterocycles. The Morgan fingerprint density at radius 2 is 1.71 bits per heavy atom. The average molecular weight is 243 g/mol. The Labute approximate surface area is 106 Å². The summed E-state index contributed by atoms with van der Waals surface area (Å²) in [5.41, 5.74) is -0.0730. The van der Waals surface area contributed by atoms with Gasteiger partial charge in [-0.05, 0) is 27.2 Å². The topological polar surface area (TPSA) is 38.3 Å². The third-order valence-corrected chi connectivity index (χ3v) is 3.01. The van der Waals surface area contributed by atoms with Crippen molar-refractivity contribution in [1.82, 2.24) is 5.32 Å². The van der Waals surface area contributed by atoms with Gasteiger partial charge >= 0.3 is 0 Å². The maximum Gasteiger partial charge on any atom is 0.140 e. The van der Waals surface area contributed by atoms with E-state index in [1.54, 1.807) is 0 Å². The van der Waals surface area contributed by atoms with Crippen LogP contribution in [0.4, 0.5) is 0 Å². The summed E-state index contributed by atoms with van der Waals surface area (Å²) < 4.78 is 5.46. The normalized spacial score (nSPS) is 12.8. The first-order valence-electron chi connectivity index (χ1n) is 6.55. The second-order valence-electron chi connectivity index (χ2n) is 6.20. The van der Waals surface area contributed by atoms with Crippen molar-refractivity contribution in [2.75, 3.05) is 19.8 Å². The zero-order valence-electron chi connectivity index (χ0n) is 12.4. The second-order valence-corrected chi connectivity index (χ2v) is 6.20. The number of carbonyl (C=O) groups excluding carboxylic acids is 1. The minimum Gasteiger partial charge on any atom is -0.380 e. The van der Waals surface area contributed by atoms with Gasteiger partial charge in [-0.25, -0.2) is 0 Å². The van der Waals surface area contributed by atoms with Crippen LogP contribution in [0.15, 0.2) is 0 Å². The molecule has 0 radical (unpaired) electrons. The van der Waals surface area contributed by atoms with Gasteiger partial charge in [0, 0.05) is 23.9 Å². The summed E-state index contributed by atoms with van der Waals surface area (Å²) in [6, 6.07) is 0. The molecule has 0 spiro atoms. The van der Waals surface area contributed by atoms with Crippen molar-refractivity contribution in [3.05, 3.63) is 0 Å². The van der Waals surface area contributed by atoms with Gasteiger partial charge in [0.15, 0.2) is 0 Å². The highest BCUT2D eigenvalue weighted by atomic mass is 16.5. The van der Waals surface area contributed by atoms with Crippen LogP contribution in [0.25, 0.3) is 0 Å². The van der Waals surface area contributed by atoms with Crippen molar-refractivity contribution in [3.63, 3.8) is 0 Å². The first-order valence-corrected chi connectivity index (χ1v) is 6.55. The highest BCUT2D eigenvalue weighted by Gasteiger charge is 2.24. The number of rotatable bonds is 8. The third-order valence-electron chi connectivity index (χ3n) is 3.01. The molecule has 0 rings (SSSR count). The predicted octanol–water partition coefficient (Wildman–Crippen LogP) is 2.79. The number of Topliss-reactive ketones (excluding diaryl/α,β-unsaturated/α-hetero) is 1. The third kappa shape index (κ3) is 8.33. The van der Waals surface area contributed by atoms with Crippen LogP contribution in [0.2, 0.25) is 0 Å². The molecule has 0 amide bonds. The van der Waals surface area contributed by atoms with Crippen LogP contribution in [-0.2, 0) is 9.53 Å². The molecule has 0 saturated carbocycles. The number of hydrogen-bond donors (Lipinski definition) is 1. The molecule has 17 heavy (non-hydrogen) atoms. The minimum atomic E-state index is -0.201. The molecule has 1 N–H and O–H groups in total. The Morgan fingerprint density at radius 3 is 2.18 bits per heavy atom. The second kappa shape index (κ2) is 7.12. The average Bonchev–Trinajstić information content (AvgIpc) is 2.21. The van der Waals surface area contributed by atoms with E-state index < -0.39 is 0 Å². The highest BCUT2D eigenvalue weighted by Crippen LogP contribution is 2.22. The number of ketones is 1. The fraction of sp³-hybridized carbons (Fsp3) is 0.929. The Balaban J connectivity index is 3.56. The molecule has 0 bridgehead atoms. The lowest BCUT2D eigenvalue weighted by atomic mass is 9.84. The Bertz CT molecular complexity index is 229. The van der Waals surface area contributed by atoms with Gasteiger partial charge in [0.05, 0.1) is 13.2 Å². The van der Waals surface area contributed by atoms with Gasteiger partial charge in [0.1, 0.15) is 5.78 Å². The first-order chi connectivity index (χ1) is 7.69. The summed E-state index contributed by atoms with van der Waals surface area (Å²) in [6.45, 7) is 14.4. The van der Waals surface area contributed by atoms with E-state index in [9.17, 15) is 4.79 Å². The van der Waals surface area contributed by atoms with Crippen LogP contribution in [0.5, 0.6) is 0 Å². The fourth-order valence-corrected chi connectivity index (χ4v) is 1.30. The van der Waals surface area contributed by atoms with Gasteiger partial charge in [-0.3, -0.25) is 4.79 Å². The van der Waals surface area contributed by atoms with Crippen LogP contribution in [0.1, 0.15) is 54.4 Å². The van der Waals surface area contributed by atoms with Gasteiger partial charge in [0.2, 0.25) is 0 Å². The molecule has 0 aromatic heterocycles. The van der Waals surface area contributed by atoms with E-state index in [2.05, 4.69) is 26.1 Å². The van der Waals surface area contributed by atoms with Crippen molar-refractivity contribution in [1.29, 1.82) is 0 Å². The molecule has 0 aliphatic heterocycles. The molecular weight excluding hydrogens is 214 g/mol. The van der Waals surface area contributed by atoms with Gasteiger partial charge in [-0.2, -0.15) is 0 Å². The van der Waals surface area contributed by atoms with E-state index in [4.69, 9.17) is 4.74 Å². The molecule has 0 aliphatic carbocycles. The van der Waals surface area contributed by atoms with E-state index in [-0.39, 0.29) is 11.0 Å². The molecule has 0 aromatic carbocycles. The zero-order valence-corrected chi connectivity index (χ0v) is 12.4. The molecule has 0 atom stereocenters. The highest BCUT2D eigenvalue weighted by molar-refractivity contribution is 5.84. The van der Waals surface area contributed by atoms with E-state index >= 15 is 0 Å².